The zero-order valence-electron chi connectivity index (χ0n) is 22.6. The van der Waals surface area contributed by atoms with E-state index in [1.54, 1.807) is 12.1 Å². The predicted octanol–water partition coefficient (Wildman–Crippen LogP) is 4.89. The molecule has 9 heteroatoms. The summed E-state index contributed by atoms with van der Waals surface area (Å²) >= 11 is 1.45. The van der Waals surface area contributed by atoms with Crippen molar-refractivity contribution >= 4 is 29.2 Å². The van der Waals surface area contributed by atoms with Crippen molar-refractivity contribution in [3.63, 3.8) is 0 Å². The summed E-state index contributed by atoms with van der Waals surface area (Å²) in [7, 11) is 1.26. The van der Waals surface area contributed by atoms with E-state index in [2.05, 4.69) is 36.6 Å². The first kappa shape index (κ1) is 28.5. The van der Waals surface area contributed by atoms with Crippen LogP contribution >= 0.6 is 11.3 Å². The molecule has 1 aromatic heterocycles. The number of amides is 3. The molecule has 3 aromatic carbocycles. The summed E-state index contributed by atoms with van der Waals surface area (Å²) in [4.78, 5) is 42.1. The molecule has 8 nitrogen and oxygen atoms in total. The lowest BCUT2D eigenvalue weighted by Gasteiger charge is -2.22. The molecule has 4 N–H and O–H groups in total. The highest BCUT2D eigenvalue weighted by Gasteiger charge is 2.26. The van der Waals surface area contributed by atoms with Crippen LogP contribution in [0.4, 0.5) is 4.79 Å². The minimum absolute atomic E-state index is 0.285. The lowest BCUT2D eigenvalue weighted by atomic mass is 10.0. The Kier molecular flexibility index (Phi) is 9.29. The lowest BCUT2D eigenvalue weighted by molar-refractivity contribution is -0.123. The third kappa shape index (κ3) is 7.33. The molecule has 206 valence electrons. The van der Waals surface area contributed by atoms with Gasteiger partial charge in [0.2, 0.25) is 11.8 Å². The van der Waals surface area contributed by atoms with Gasteiger partial charge in [-0.05, 0) is 60.7 Å². The fourth-order valence-electron chi connectivity index (χ4n) is 4.25. The predicted molar refractivity (Wildman–Crippen MR) is 156 cm³/mol. The normalized spacial score (nSPS) is 12.3. The molecule has 4 aromatic rings. The van der Waals surface area contributed by atoms with Crippen molar-refractivity contribution in [2.75, 3.05) is 7.11 Å². The summed E-state index contributed by atoms with van der Waals surface area (Å²) in [5.41, 5.74) is 11.8. The maximum atomic E-state index is 13.6. The van der Waals surface area contributed by atoms with Crippen molar-refractivity contribution in [2.24, 2.45) is 5.73 Å². The van der Waals surface area contributed by atoms with Gasteiger partial charge in [0.25, 0.3) is 0 Å². The SMILES string of the molecule is COC(=O)N[C@@H](Cc1ccccc1)C(=O)N[C@@H](Cc1ccc(C(N)=O)cc1)c1nc(-c2ccc(C)c(C)c2)cs1. The van der Waals surface area contributed by atoms with Gasteiger partial charge < -0.3 is 21.1 Å². The van der Waals surface area contributed by atoms with E-state index < -0.39 is 24.1 Å². The van der Waals surface area contributed by atoms with Gasteiger partial charge in [-0.3, -0.25) is 9.59 Å². The highest BCUT2D eigenvalue weighted by Crippen LogP contribution is 2.29. The molecule has 0 fully saturated rings. The minimum atomic E-state index is -0.867. The number of alkyl carbamates (subject to hydrolysis) is 1. The quantitative estimate of drug-likeness (QED) is 0.257. The number of carbonyl (C=O) groups is 3. The third-order valence-corrected chi connectivity index (χ3v) is 7.65. The smallest absolute Gasteiger partial charge is 0.407 e. The van der Waals surface area contributed by atoms with E-state index in [1.165, 1.54) is 29.6 Å². The fraction of sp³-hybridized carbons (Fsp3) is 0.226. The Morgan fingerprint density at radius 3 is 2.25 bits per heavy atom. The molecule has 1 heterocycles. The average molecular weight is 557 g/mol. The Labute approximate surface area is 237 Å². The van der Waals surface area contributed by atoms with Gasteiger partial charge in [0.1, 0.15) is 11.0 Å². The molecule has 0 aliphatic heterocycles. The van der Waals surface area contributed by atoms with Gasteiger partial charge in [-0.15, -0.1) is 11.3 Å². The Morgan fingerprint density at radius 2 is 1.60 bits per heavy atom. The van der Waals surface area contributed by atoms with Crippen molar-refractivity contribution in [1.29, 1.82) is 0 Å². The Hall–Kier alpha value is -4.50. The number of aryl methyl sites for hydroxylation is 2. The summed E-state index contributed by atoms with van der Waals surface area (Å²) in [6.07, 6.45) is 0.00932. The van der Waals surface area contributed by atoms with E-state index in [-0.39, 0.29) is 12.3 Å². The van der Waals surface area contributed by atoms with Gasteiger partial charge in [-0.1, -0.05) is 54.6 Å². The van der Waals surface area contributed by atoms with Crippen LogP contribution in [-0.4, -0.2) is 36.0 Å². The van der Waals surface area contributed by atoms with Gasteiger partial charge in [0.15, 0.2) is 0 Å². The van der Waals surface area contributed by atoms with Crippen molar-refractivity contribution in [3.05, 3.63) is 111 Å². The van der Waals surface area contributed by atoms with E-state index in [4.69, 9.17) is 15.5 Å². The van der Waals surface area contributed by atoms with Gasteiger partial charge in [0, 0.05) is 22.9 Å². The maximum Gasteiger partial charge on any atom is 0.407 e. The first-order chi connectivity index (χ1) is 19.2. The average Bonchev–Trinajstić information content (AvgIpc) is 3.45. The number of ether oxygens (including phenoxy) is 1. The first-order valence-corrected chi connectivity index (χ1v) is 13.7. The molecule has 0 unspecified atom stereocenters. The number of hydrogen-bond acceptors (Lipinski definition) is 6. The van der Waals surface area contributed by atoms with Crippen LogP contribution in [0.1, 0.15) is 43.7 Å². The molecule has 3 amide bonds. The van der Waals surface area contributed by atoms with Crippen molar-refractivity contribution in [3.8, 4) is 11.3 Å². The molecule has 4 rings (SSSR count). The molecule has 0 saturated heterocycles. The second-order valence-corrected chi connectivity index (χ2v) is 10.5. The number of thiazole rings is 1. The van der Waals surface area contributed by atoms with E-state index in [0.29, 0.717) is 12.0 Å². The number of nitrogens with one attached hydrogen (secondary N) is 2. The third-order valence-electron chi connectivity index (χ3n) is 6.69. The standard InChI is InChI=1S/C31H32N4O4S/c1-19-9-12-24(15-20(19)2)27-18-40-30(34-27)26(17-22-10-13-23(14-11-22)28(32)36)33-29(37)25(35-31(38)39-3)16-21-7-5-4-6-8-21/h4-15,18,25-26H,16-17H2,1-3H3,(H2,32,36)(H,33,37)(H,35,38)/t25-,26-/m0/s1. The van der Waals surface area contributed by atoms with E-state index in [0.717, 1.165) is 27.4 Å². The minimum Gasteiger partial charge on any atom is -0.453 e. The van der Waals surface area contributed by atoms with Crippen LogP contribution < -0.4 is 16.4 Å². The van der Waals surface area contributed by atoms with E-state index >= 15 is 0 Å². The highest BCUT2D eigenvalue weighted by molar-refractivity contribution is 7.10. The Balaban J connectivity index is 1.63. The topological polar surface area (TPSA) is 123 Å². The number of rotatable bonds is 10. The summed E-state index contributed by atoms with van der Waals surface area (Å²) in [6, 6.07) is 21.2. The molecule has 0 radical (unpaired) electrons. The van der Waals surface area contributed by atoms with Crippen LogP contribution in [0.5, 0.6) is 0 Å². The van der Waals surface area contributed by atoms with Crippen LogP contribution in [0.25, 0.3) is 11.3 Å². The summed E-state index contributed by atoms with van der Waals surface area (Å²) in [5, 5.41) is 8.45. The molecule has 0 saturated carbocycles. The van der Waals surface area contributed by atoms with Gasteiger partial charge in [-0.25, -0.2) is 9.78 Å². The largest absolute Gasteiger partial charge is 0.453 e. The lowest BCUT2D eigenvalue weighted by Crippen LogP contribution is -2.49. The van der Waals surface area contributed by atoms with Crippen molar-refractivity contribution < 1.29 is 19.1 Å². The highest BCUT2D eigenvalue weighted by atomic mass is 32.1. The molecule has 2 atom stereocenters. The molecule has 0 spiro atoms. The number of nitrogens with zero attached hydrogens (tertiary/aromatic N) is 1. The maximum absolute atomic E-state index is 13.6. The second kappa shape index (κ2) is 13.0. The molecule has 0 aliphatic carbocycles. The summed E-state index contributed by atoms with van der Waals surface area (Å²) < 4.78 is 4.78. The van der Waals surface area contributed by atoms with Gasteiger partial charge in [0.05, 0.1) is 18.8 Å². The van der Waals surface area contributed by atoms with Crippen LogP contribution in [0, 0.1) is 13.8 Å². The number of aromatic nitrogens is 1. The van der Waals surface area contributed by atoms with Crippen molar-refractivity contribution in [1.82, 2.24) is 15.6 Å². The summed E-state index contributed by atoms with van der Waals surface area (Å²) in [5.74, 6) is -0.872. The van der Waals surface area contributed by atoms with Crippen LogP contribution in [0.2, 0.25) is 0 Å². The molecular formula is C31H32N4O4S. The number of nitrogens with two attached hydrogens (primary N) is 1. The van der Waals surface area contributed by atoms with Crippen LogP contribution in [0.15, 0.2) is 78.2 Å². The monoisotopic (exact) mass is 556 g/mol. The molecule has 40 heavy (non-hydrogen) atoms. The molecule has 0 aliphatic rings. The number of methoxy groups -OCH3 is 1. The zero-order chi connectivity index (χ0) is 28.6. The zero-order valence-corrected chi connectivity index (χ0v) is 23.5. The first-order valence-electron chi connectivity index (χ1n) is 12.8. The van der Waals surface area contributed by atoms with Crippen LogP contribution in [-0.2, 0) is 22.4 Å². The molecule has 0 bridgehead atoms. The van der Waals surface area contributed by atoms with Gasteiger partial charge in [-0.2, -0.15) is 0 Å². The summed E-state index contributed by atoms with van der Waals surface area (Å²) in [6.45, 7) is 4.13. The Bertz CT molecular complexity index is 1480. The number of primary amides is 1. The van der Waals surface area contributed by atoms with Crippen LogP contribution in [0.3, 0.4) is 0 Å². The second-order valence-electron chi connectivity index (χ2n) is 9.57. The fourth-order valence-corrected chi connectivity index (χ4v) is 5.13. The van der Waals surface area contributed by atoms with E-state index in [1.807, 2.05) is 53.9 Å². The number of benzene rings is 3. The number of carbonyl (C=O) groups excluding carboxylic acids is 3. The molecular weight excluding hydrogens is 524 g/mol. The van der Waals surface area contributed by atoms with Gasteiger partial charge >= 0.3 is 6.09 Å². The van der Waals surface area contributed by atoms with E-state index in [9.17, 15) is 14.4 Å². The van der Waals surface area contributed by atoms with Crippen molar-refractivity contribution in [2.45, 2.75) is 38.8 Å². The number of hydrogen-bond donors (Lipinski definition) is 3. The Morgan fingerprint density at radius 1 is 0.900 bits per heavy atom.